The van der Waals surface area contributed by atoms with E-state index >= 15 is 0 Å². The van der Waals surface area contributed by atoms with Gasteiger partial charge in [0.15, 0.2) is 0 Å². The number of aromatic nitrogens is 2. The highest BCUT2D eigenvalue weighted by Gasteiger charge is 2.32. The van der Waals surface area contributed by atoms with E-state index in [9.17, 15) is 31.1 Å². The zero-order chi connectivity index (χ0) is 20.7. The van der Waals surface area contributed by atoms with Gasteiger partial charge in [-0.2, -0.15) is 26.3 Å². The van der Waals surface area contributed by atoms with Gasteiger partial charge in [-0.3, -0.25) is 9.48 Å². The molecule has 3 nitrogen and oxygen atoms in total. The second-order valence-corrected chi connectivity index (χ2v) is 6.04. The van der Waals surface area contributed by atoms with Gasteiger partial charge in [0.1, 0.15) is 0 Å². The highest BCUT2D eigenvalue weighted by atomic mass is 19.4. The van der Waals surface area contributed by atoms with Crippen molar-refractivity contribution in [1.82, 2.24) is 9.36 Å². The topological polar surface area (TPSA) is 26.9 Å². The Kier molecular flexibility index (Phi) is 4.86. The summed E-state index contributed by atoms with van der Waals surface area (Å²) in [6, 6.07) is 8.45. The van der Waals surface area contributed by atoms with E-state index in [0.29, 0.717) is 0 Å². The third-order valence-corrected chi connectivity index (χ3v) is 4.20. The second kappa shape index (κ2) is 6.88. The molecule has 1 heterocycles. The summed E-state index contributed by atoms with van der Waals surface area (Å²) >= 11 is 0. The van der Waals surface area contributed by atoms with Crippen LogP contribution in [0.2, 0.25) is 0 Å². The van der Waals surface area contributed by atoms with Crippen LogP contribution in [0.3, 0.4) is 0 Å². The molecular formula is C19H14F6N2O. The number of hydrogen-bond donors (Lipinski definition) is 0. The van der Waals surface area contributed by atoms with Gasteiger partial charge in [0.25, 0.3) is 5.56 Å². The van der Waals surface area contributed by atoms with Crippen LogP contribution >= 0.6 is 0 Å². The third kappa shape index (κ3) is 3.69. The number of aryl methyl sites for hydroxylation is 1. The van der Waals surface area contributed by atoms with Gasteiger partial charge in [-0.1, -0.05) is 18.2 Å². The lowest BCUT2D eigenvalue weighted by atomic mass is 10.1. The summed E-state index contributed by atoms with van der Waals surface area (Å²) in [5.41, 5.74) is -2.58. The predicted octanol–water partition coefficient (Wildman–Crippen LogP) is 5.36. The van der Waals surface area contributed by atoms with Crippen LogP contribution in [0.4, 0.5) is 26.3 Å². The second-order valence-electron chi connectivity index (χ2n) is 6.04. The first-order valence-corrected chi connectivity index (χ1v) is 8.20. The summed E-state index contributed by atoms with van der Waals surface area (Å²) in [5, 5.41) is 0. The quantitative estimate of drug-likeness (QED) is 0.544. The molecule has 0 saturated heterocycles. The first-order valence-electron chi connectivity index (χ1n) is 8.20. The van der Waals surface area contributed by atoms with Gasteiger partial charge in [0.2, 0.25) is 0 Å². The highest BCUT2D eigenvalue weighted by molar-refractivity contribution is 5.63. The van der Waals surface area contributed by atoms with Crippen LogP contribution in [0, 0.1) is 0 Å². The Balaban J connectivity index is 2.18. The van der Waals surface area contributed by atoms with E-state index in [1.807, 2.05) is 0 Å². The van der Waals surface area contributed by atoms with Crippen molar-refractivity contribution >= 4 is 0 Å². The normalized spacial score (nSPS) is 12.4. The molecule has 0 aliphatic carbocycles. The molecule has 9 heteroatoms. The van der Waals surface area contributed by atoms with Crippen LogP contribution in [-0.2, 0) is 18.9 Å². The van der Waals surface area contributed by atoms with Crippen LogP contribution < -0.4 is 5.56 Å². The highest BCUT2D eigenvalue weighted by Crippen LogP contribution is 2.32. The molecule has 0 bridgehead atoms. The van der Waals surface area contributed by atoms with Crippen LogP contribution in [0.5, 0.6) is 0 Å². The van der Waals surface area contributed by atoms with Gasteiger partial charge in [0.05, 0.1) is 22.4 Å². The van der Waals surface area contributed by atoms with Gasteiger partial charge >= 0.3 is 12.4 Å². The van der Waals surface area contributed by atoms with E-state index in [-0.39, 0.29) is 23.4 Å². The number of hydrogen-bond acceptors (Lipinski definition) is 1. The summed E-state index contributed by atoms with van der Waals surface area (Å²) in [6.45, 7) is 1.89. The van der Waals surface area contributed by atoms with Gasteiger partial charge in [-0.25, -0.2) is 4.68 Å². The van der Waals surface area contributed by atoms with Crippen LogP contribution in [0.25, 0.3) is 16.8 Å². The Morgan fingerprint density at radius 1 is 0.857 bits per heavy atom. The molecule has 0 unspecified atom stereocenters. The van der Waals surface area contributed by atoms with Crippen molar-refractivity contribution in [3.8, 4) is 16.8 Å². The molecule has 0 aliphatic rings. The maximum atomic E-state index is 13.0. The molecule has 0 radical (unpaired) electrons. The summed E-state index contributed by atoms with van der Waals surface area (Å²) in [7, 11) is 0. The van der Waals surface area contributed by atoms with Gasteiger partial charge < -0.3 is 0 Å². The Morgan fingerprint density at radius 2 is 1.43 bits per heavy atom. The fourth-order valence-electron chi connectivity index (χ4n) is 2.87. The van der Waals surface area contributed by atoms with E-state index in [0.717, 1.165) is 28.9 Å². The Bertz CT molecular complexity index is 1060. The maximum absolute atomic E-state index is 13.0. The summed E-state index contributed by atoms with van der Waals surface area (Å²) < 4.78 is 80.2. The van der Waals surface area contributed by atoms with Gasteiger partial charge in [0, 0.05) is 12.7 Å². The van der Waals surface area contributed by atoms with Crippen LogP contribution in [0.1, 0.15) is 18.1 Å². The number of alkyl halides is 6. The molecule has 0 spiro atoms. The molecular weight excluding hydrogens is 386 g/mol. The average Bonchev–Trinajstić information content (AvgIpc) is 2.97. The molecule has 0 fully saturated rings. The standard InChI is InChI=1S/C19H14F6N2O/c1-2-26-11-16(12-5-3-6-13(9-12)18(20,21)22)17(28)27(26)15-8-4-7-14(10-15)19(23,24)25/h3-11H,2H2,1H3. The molecule has 3 aromatic rings. The summed E-state index contributed by atoms with van der Waals surface area (Å²) in [4.78, 5) is 12.9. The minimum absolute atomic E-state index is 0.0279. The van der Waals surface area contributed by atoms with Crippen molar-refractivity contribution in [2.45, 2.75) is 25.8 Å². The Labute approximate surface area is 155 Å². The van der Waals surface area contributed by atoms with Crippen molar-refractivity contribution in [1.29, 1.82) is 0 Å². The molecule has 3 rings (SSSR count). The van der Waals surface area contributed by atoms with Crippen molar-refractivity contribution in [2.75, 3.05) is 0 Å². The lowest BCUT2D eigenvalue weighted by molar-refractivity contribution is -0.138. The first-order chi connectivity index (χ1) is 13.0. The maximum Gasteiger partial charge on any atom is 0.416 e. The van der Waals surface area contributed by atoms with Crippen LogP contribution in [0.15, 0.2) is 59.5 Å². The summed E-state index contributed by atoms with van der Waals surface area (Å²) in [6.07, 6.45) is -7.84. The van der Waals surface area contributed by atoms with E-state index < -0.39 is 29.0 Å². The van der Waals surface area contributed by atoms with Gasteiger partial charge in [-0.05, 0) is 42.8 Å². The van der Waals surface area contributed by atoms with Crippen LogP contribution in [-0.4, -0.2) is 9.36 Å². The molecule has 0 atom stereocenters. The molecule has 0 amide bonds. The van der Waals surface area contributed by atoms with E-state index in [1.54, 1.807) is 6.92 Å². The lowest BCUT2D eigenvalue weighted by Crippen LogP contribution is -2.22. The molecule has 0 aliphatic heterocycles. The van der Waals surface area contributed by atoms with E-state index in [1.165, 1.54) is 35.1 Å². The monoisotopic (exact) mass is 400 g/mol. The van der Waals surface area contributed by atoms with E-state index in [4.69, 9.17) is 0 Å². The minimum Gasteiger partial charge on any atom is -0.285 e. The van der Waals surface area contributed by atoms with Crippen molar-refractivity contribution < 1.29 is 26.3 Å². The predicted molar refractivity (Wildman–Crippen MR) is 91.1 cm³/mol. The largest absolute Gasteiger partial charge is 0.416 e. The number of halogens is 6. The molecule has 148 valence electrons. The smallest absolute Gasteiger partial charge is 0.285 e. The zero-order valence-corrected chi connectivity index (χ0v) is 14.5. The Hall–Kier alpha value is -2.97. The summed E-state index contributed by atoms with van der Waals surface area (Å²) in [5.74, 6) is 0. The molecule has 28 heavy (non-hydrogen) atoms. The van der Waals surface area contributed by atoms with Crippen molar-refractivity contribution in [3.05, 3.63) is 76.2 Å². The fourth-order valence-corrected chi connectivity index (χ4v) is 2.87. The number of rotatable bonds is 3. The lowest BCUT2D eigenvalue weighted by Gasteiger charge is -2.12. The number of nitrogens with zero attached hydrogens (tertiary/aromatic N) is 2. The zero-order valence-electron chi connectivity index (χ0n) is 14.5. The van der Waals surface area contributed by atoms with E-state index in [2.05, 4.69) is 0 Å². The number of benzene rings is 2. The van der Waals surface area contributed by atoms with Crippen molar-refractivity contribution in [3.63, 3.8) is 0 Å². The molecule has 2 aromatic carbocycles. The molecule has 1 aromatic heterocycles. The van der Waals surface area contributed by atoms with Gasteiger partial charge in [-0.15, -0.1) is 0 Å². The molecule has 0 saturated carbocycles. The molecule has 0 N–H and O–H groups in total. The Morgan fingerprint density at radius 3 is 2.00 bits per heavy atom. The fraction of sp³-hybridized carbons (Fsp3) is 0.211. The minimum atomic E-state index is -4.59. The third-order valence-electron chi connectivity index (χ3n) is 4.20. The van der Waals surface area contributed by atoms with Crippen molar-refractivity contribution in [2.24, 2.45) is 0 Å². The SMILES string of the molecule is CCn1cc(-c2cccc(C(F)(F)F)c2)c(=O)n1-c1cccc(C(F)(F)F)c1. The average molecular weight is 400 g/mol. The first kappa shape index (κ1) is 19.8.